The van der Waals surface area contributed by atoms with Crippen LogP contribution in [-0.2, 0) is 19.6 Å². The topological polar surface area (TPSA) is 84.9 Å². The molecule has 1 aromatic rings. The van der Waals surface area contributed by atoms with Gasteiger partial charge in [0.05, 0.1) is 18.0 Å². The van der Waals surface area contributed by atoms with E-state index in [0.717, 1.165) is 10.6 Å². The molecule has 1 amide bonds. The highest BCUT2D eigenvalue weighted by molar-refractivity contribution is 7.92. The maximum atomic E-state index is 12.0. The number of ether oxygens (including phenoxy) is 2. The first-order chi connectivity index (χ1) is 11.7. The number of amides is 1. The van der Waals surface area contributed by atoms with E-state index in [0.29, 0.717) is 37.6 Å². The number of rotatable bonds is 11. The Labute approximate surface area is 150 Å². The number of nitrogens with one attached hydrogen (secondary N) is 1. The van der Waals surface area contributed by atoms with Gasteiger partial charge in [-0.2, -0.15) is 0 Å². The standard InChI is InChI=1S/C17H28N2O5S/c1-5-23-12-6-11-18-17(20)13-19(25(4,21)22)15-7-9-16(10-8-15)24-14(2)3/h7-10,14H,5-6,11-13H2,1-4H3,(H,18,20). The van der Waals surface area contributed by atoms with Crippen molar-refractivity contribution in [3.8, 4) is 5.75 Å². The number of hydrogen-bond acceptors (Lipinski definition) is 5. The highest BCUT2D eigenvalue weighted by atomic mass is 32.2. The molecule has 1 aromatic carbocycles. The van der Waals surface area contributed by atoms with Gasteiger partial charge in [-0.3, -0.25) is 9.10 Å². The SMILES string of the molecule is CCOCCCNC(=O)CN(c1ccc(OC(C)C)cc1)S(C)(=O)=O. The van der Waals surface area contributed by atoms with Crippen LogP contribution in [0.15, 0.2) is 24.3 Å². The van der Waals surface area contributed by atoms with Crippen molar-refractivity contribution in [1.29, 1.82) is 0 Å². The van der Waals surface area contributed by atoms with Crippen LogP contribution >= 0.6 is 0 Å². The van der Waals surface area contributed by atoms with Crippen LogP contribution in [0.5, 0.6) is 5.75 Å². The van der Waals surface area contributed by atoms with Crippen LogP contribution in [0.1, 0.15) is 27.2 Å². The van der Waals surface area contributed by atoms with Crippen molar-refractivity contribution in [3.05, 3.63) is 24.3 Å². The molecule has 0 bridgehead atoms. The molecule has 0 aliphatic heterocycles. The first-order valence-corrected chi connectivity index (χ1v) is 10.2. The molecule has 1 rings (SSSR count). The van der Waals surface area contributed by atoms with Gasteiger partial charge in [0.2, 0.25) is 15.9 Å². The fourth-order valence-corrected chi connectivity index (χ4v) is 2.95. The Kier molecular flexibility index (Phi) is 8.71. The molecule has 0 atom stereocenters. The molecule has 1 N–H and O–H groups in total. The quantitative estimate of drug-likeness (QED) is 0.599. The predicted molar refractivity (Wildman–Crippen MR) is 98.5 cm³/mol. The number of sulfonamides is 1. The van der Waals surface area contributed by atoms with Gasteiger partial charge in [-0.05, 0) is 51.5 Å². The molecule has 0 saturated heterocycles. The fourth-order valence-electron chi connectivity index (χ4n) is 2.10. The first kappa shape index (κ1) is 21.2. The van der Waals surface area contributed by atoms with E-state index in [2.05, 4.69) is 5.32 Å². The minimum absolute atomic E-state index is 0.0272. The van der Waals surface area contributed by atoms with Crippen LogP contribution < -0.4 is 14.4 Å². The second-order valence-corrected chi connectivity index (χ2v) is 7.74. The molecule has 0 spiro atoms. The number of carbonyl (C=O) groups excluding carboxylic acids is 1. The minimum Gasteiger partial charge on any atom is -0.491 e. The van der Waals surface area contributed by atoms with Crippen molar-refractivity contribution in [1.82, 2.24) is 5.32 Å². The summed E-state index contributed by atoms with van der Waals surface area (Å²) in [4.78, 5) is 12.0. The highest BCUT2D eigenvalue weighted by Crippen LogP contribution is 2.22. The summed E-state index contributed by atoms with van der Waals surface area (Å²) in [5, 5.41) is 2.70. The summed E-state index contributed by atoms with van der Waals surface area (Å²) in [6.07, 6.45) is 1.78. The van der Waals surface area contributed by atoms with E-state index in [1.807, 2.05) is 20.8 Å². The molecule has 0 saturated carbocycles. The van der Waals surface area contributed by atoms with Gasteiger partial charge in [0, 0.05) is 19.8 Å². The molecule has 0 aromatic heterocycles. The van der Waals surface area contributed by atoms with Gasteiger partial charge >= 0.3 is 0 Å². The number of hydrogen-bond donors (Lipinski definition) is 1. The number of anilines is 1. The van der Waals surface area contributed by atoms with Crippen LogP contribution in [0.2, 0.25) is 0 Å². The van der Waals surface area contributed by atoms with Gasteiger partial charge in [-0.25, -0.2) is 8.42 Å². The summed E-state index contributed by atoms with van der Waals surface area (Å²) in [6, 6.07) is 6.63. The van der Waals surface area contributed by atoms with Crippen molar-refractivity contribution in [3.63, 3.8) is 0 Å². The maximum Gasteiger partial charge on any atom is 0.240 e. The lowest BCUT2D eigenvalue weighted by Gasteiger charge is -2.22. The summed E-state index contributed by atoms with van der Waals surface area (Å²) < 4.78 is 35.9. The molecule has 25 heavy (non-hydrogen) atoms. The van der Waals surface area contributed by atoms with Gasteiger partial charge < -0.3 is 14.8 Å². The molecule has 0 aliphatic carbocycles. The van der Waals surface area contributed by atoms with Crippen LogP contribution in [0, 0.1) is 0 Å². The van der Waals surface area contributed by atoms with E-state index in [-0.39, 0.29) is 18.6 Å². The Morgan fingerprint density at radius 1 is 1.24 bits per heavy atom. The smallest absolute Gasteiger partial charge is 0.240 e. The van der Waals surface area contributed by atoms with Crippen molar-refractivity contribution < 1.29 is 22.7 Å². The number of carbonyl (C=O) groups is 1. The lowest BCUT2D eigenvalue weighted by molar-refractivity contribution is -0.119. The Bertz CT molecular complexity index is 629. The summed E-state index contributed by atoms with van der Waals surface area (Å²) in [5.41, 5.74) is 0.420. The average molecular weight is 372 g/mol. The highest BCUT2D eigenvalue weighted by Gasteiger charge is 2.20. The molecule has 0 aliphatic rings. The van der Waals surface area contributed by atoms with Crippen molar-refractivity contribution in [2.45, 2.75) is 33.3 Å². The fraction of sp³-hybridized carbons (Fsp3) is 0.588. The van der Waals surface area contributed by atoms with Crippen LogP contribution in [0.4, 0.5) is 5.69 Å². The molecule has 0 unspecified atom stereocenters. The van der Waals surface area contributed by atoms with E-state index in [9.17, 15) is 13.2 Å². The Hall–Kier alpha value is -1.80. The zero-order chi connectivity index (χ0) is 18.9. The average Bonchev–Trinajstić information content (AvgIpc) is 2.52. The molecule has 0 fully saturated rings. The van der Waals surface area contributed by atoms with Crippen LogP contribution in [-0.4, -0.2) is 53.0 Å². The first-order valence-electron chi connectivity index (χ1n) is 8.33. The van der Waals surface area contributed by atoms with Crippen molar-refractivity contribution in [2.24, 2.45) is 0 Å². The molecule has 7 nitrogen and oxygen atoms in total. The molecule has 142 valence electrons. The summed E-state index contributed by atoms with van der Waals surface area (Å²) in [5.74, 6) is 0.289. The van der Waals surface area contributed by atoms with E-state index in [4.69, 9.17) is 9.47 Å². The minimum atomic E-state index is -3.58. The van der Waals surface area contributed by atoms with Gasteiger partial charge in [-0.1, -0.05) is 0 Å². The maximum absolute atomic E-state index is 12.0. The predicted octanol–water partition coefficient (Wildman–Crippen LogP) is 1.78. The summed E-state index contributed by atoms with van der Waals surface area (Å²) >= 11 is 0. The van der Waals surface area contributed by atoms with E-state index >= 15 is 0 Å². The molecule has 0 heterocycles. The van der Waals surface area contributed by atoms with Gasteiger partial charge in [0.25, 0.3) is 0 Å². The van der Waals surface area contributed by atoms with Crippen molar-refractivity contribution in [2.75, 3.05) is 36.9 Å². The Balaban J connectivity index is 2.70. The zero-order valence-electron chi connectivity index (χ0n) is 15.3. The second kappa shape index (κ2) is 10.2. The number of nitrogens with zero attached hydrogens (tertiary/aromatic N) is 1. The van der Waals surface area contributed by atoms with E-state index in [1.54, 1.807) is 24.3 Å². The summed E-state index contributed by atoms with van der Waals surface area (Å²) in [6.45, 7) is 7.09. The normalized spacial score (nSPS) is 11.4. The molecule has 0 radical (unpaired) electrons. The lowest BCUT2D eigenvalue weighted by Crippen LogP contribution is -2.40. The van der Waals surface area contributed by atoms with E-state index in [1.165, 1.54) is 0 Å². The third kappa shape index (κ3) is 8.22. The largest absolute Gasteiger partial charge is 0.491 e. The van der Waals surface area contributed by atoms with E-state index < -0.39 is 10.0 Å². The number of benzene rings is 1. The zero-order valence-corrected chi connectivity index (χ0v) is 16.1. The Morgan fingerprint density at radius 2 is 1.88 bits per heavy atom. The van der Waals surface area contributed by atoms with Crippen LogP contribution in [0.3, 0.4) is 0 Å². The third-order valence-corrected chi connectivity index (χ3v) is 4.32. The molecular weight excluding hydrogens is 344 g/mol. The van der Waals surface area contributed by atoms with Gasteiger partial charge in [-0.15, -0.1) is 0 Å². The van der Waals surface area contributed by atoms with Gasteiger partial charge in [0.15, 0.2) is 0 Å². The van der Waals surface area contributed by atoms with Crippen molar-refractivity contribution >= 4 is 21.6 Å². The monoisotopic (exact) mass is 372 g/mol. The Morgan fingerprint density at radius 3 is 2.40 bits per heavy atom. The molecule has 8 heteroatoms. The summed E-state index contributed by atoms with van der Waals surface area (Å²) in [7, 11) is -3.58. The third-order valence-electron chi connectivity index (χ3n) is 3.18. The molecular formula is C17H28N2O5S. The van der Waals surface area contributed by atoms with Gasteiger partial charge in [0.1, 0.15) is 12.3 Å². The lowest BCUT2D eigenvalue weighted by atomic mass is 10.3. The van der Waals surface area contributed by atoms with Crippen LogP contribution in [0.25, 0.3) is 0 Å². The second-order valence-electron chi connectivity index (χ2n) is 5.83.